The van der Waals surface area contributed by atoms with Gasteiger partial charge in [-0.2, -0.15) is 8.78 Å². The standard InChI is InChI=1S/C6H7BrClF3O/c1-4(12)2-3-5(8,9)6(7,10)11/h2-3H2,1H3/t5-/m1/s1. The number of carbonyl (C=O) groups excluding carboxylic acids is 1. The van der Waals surface area contributed by atoms with Crippen molar-refractivity contribution < 1.29 is 18.0 Å². The first-order chi connectivity index (χ1) is 5.17. The minimum atomic E-state index is -3.81. The molecule has 0 fully saturated rings. The number of hydrogen-bond donors (Lipinski definition) is 0. The predicted octanol–water partition coefficient (Wildman–Crippen LogP) is 3.25. The van der Waals surface area contributed by atoms with Gasteiger partial charge in [-0.05, 0) is 22.9 Å². The van der Waals surface area contributed by atoms with Crippen LogP contribution in [0.15, 0.2) is 0 Å². The summed E-state index contributed by atoms with van der Waals surface area (Å²) < 4.78 is 37.3. The molecule has 0 saturated carbocycles. The first kappa shape index (κ1) is 12.2. The molecule has 0 saturated heterocycles. The van der Waals surface area contributed by atoms with Crippen LogP contribution in [0, 0.1) is 0 Å². The van der Waals surface area contributed by atoms with Crippen molar-refractivity contribution in [1.29, 1.82) is 0 Å². The molecule has 0 radical (unpaired) electrons. The van der Waals surface area contributed by atoms with Gasteiger partial charge in [-0.3, -0.25) is 0 Å². The lowest BCUT2D eigenvalue weighted by atomic mass is 10.1. The molecule has 0 bridgehead atoms. The van der Waals surface area contributed by atoms with Gasteiger partial charge in [0.15, 0.2) is 0 Å². The Morgan fingerprint density at radius 1 is 1.50 bits per heavy atom. The molecule has 0 aliphatic rings. The molecular formula is C6H7BrClF3O. The van der Waals surface area contributed by atoms with Gasteiger partial charge in [0.25, 0.3) is 5.13 Å². The summed E-state index contributed by atoms with van der Waals surface area (Å²) in [5, 5.41) is -3.20. The van der Waals surface area contributed by atoms with Gasteiger partial charge in [-0.25, -0.2) is 4.39 Å². The van der Waals surface area contributed by atoms with E-state index >= 15 is 0 Å². The van der Waals surface area contributed by atoms with Crippen molar-refractivity contribution in [3.63, 3.8) is 0 Å². The Bertz CT molecular complexity index is 178. The predicted molar refractivity (Wildman–Crippen MR) is 43.5 cm³/mol. The molecule has 6 heteroatoms. The van der Waals surface area contributed by atoms with E-state index in [9.17, 15) is 18.0 Å². The summed E-state index contributed by atoms with van der Waals surface area (Å²) >= 11 is 6.64. The highest BCUT2D eigenvalue weighted by Gasteiger charge is 2.51. The monoisotopic (exact) mass is 266 g/mol. The van der Waals surface area contributed by atoms with Crippen LogP contribution in [0.2, 0.25) is 0 Å². The summed E-state index contributed by atoms with van der Waals surface area (Å²) in [6, 6.07) is 0. The summed E-state index contributed by atoms with van der Waals surface area (Å²) in [7, 11) is 0. The molecule has 0 aliphatic heterocycles. The summed E-state index contributed by atoms with van der Waals surface area (Å²) in [6.07, 6.45) is -1.01. The number of rotatable bonds is 4. The first-order valence-electron chi connectivity index (χ1n) is 3.11. The van der Waals surface area contributed by atoms with Crippen molar-refractivity contribution >= 4 is 33.3 Å². The highest BCUT2D eigenvalue weighted by atomic mass is 79.9. The fourth-order valence-corrected chi connectivity index (χ4v) is 0.767. The summed E-state index contributed by atoms with van der Waals surface area (Å²) in [5.41, 5.74) is 0. The van der Waals surface area contributed by atoms with Crippen LogP contribution in [0.3, 0.4) is 0 Å². The van der Waals surface area contributed by atoms with Crippen LogP contribution in [0.25, 0.3) is 0 Å². The van der Waals surface area contributed by atoms with Crippen LogP contribution in [-0.2, 0) is 4.79 Å². The molecule has 0 aromatic rings. The van der Waals surface area contributed by atoms with E-state index in [1.165, 1.54) is 6.92 Å². The average Bonchev–Trinajstić information content (AvgIpc) is 1.81. The fourth-order valence-electron chi connectivity index (χ4n) is 0.475. The number of Topliss-reactive ketones (excluding diaryl/α,β-unsaturated/α-hetero) is 1. The van der Waals surface area contributed by atoms with Gasteiger partial charge in [0.1, 0.15) is 5.78 Å². The van der Waals surface area contributed by atoms with E-state index in [2.05, 4.69) is 0 Å². The second-order valence-electron chi connectivity index (χ2n) is 2.40. The SMILES string of the molecule is CC(=O)CC[C@](F)(Cl)C(F)(F)Br. The molecule has 0 spiro atoms. The van der Waals surface area contributed by atoms with Crippen molar-refractivity contribution in [2.24, 2.45) is 0 Å². The Hall–Kier alpha value is 0.230. The van der Waals surface area contributed by atoms with Crippen molar-refractivity contribution in [1.82, 2.24) is 0 Å². The van der Waals surface area contributed by atoms with Gasteiger partial charge >= 0.3 is 4.83 Å². The summed E-state index contributed by atoms with van der Waals surface area (Å²) in [6.45, 7) is 1.18. The van der Waals surface area contributed by atoms with Gasteiger partial charge in [0.2, 0.25) is 0 Å². The van der Waals surface area contributed by atoms with Gasteiger partial charge in [0.05, 0.1) is 0 Å². The second kappa shape index (κ2) is 3.96. The fraction of sp³-hybridized carbons (Fsp3) is 0.833. The van der Waals surface area contributed by atoms with Gasteiger partial charge in [0, 0.05) is 12.8 Å². The second-order valence-corrected chi connectivity index (χ2v) is 4.00. The number of ketones is 1. The molecule has 0 unspecified atom stereocenters. The Labute approximate surface area is 81.4 Å². The lowest BCUT2D eigenvalue weighted by molar-refractivity contribution is -0.118. The first-order valence-corrected chi connectivity index (χ1v) is 4.28. The Morgan fingerprint density at radius 2 is 1.92 bits per heavy atom. The molecule has 0 N–H and O–H groups in total. The maximum absolute atomic E-state index is 12.8. The molecular weight excluding hydrogens is 260 g/mol. The van der Waals surface area contributed by atoms with Crippen molar-refractivity contribution in [2.75, 3.05) is 0 Å². The minimum absolute atomic E-state index is 0.304. The molecule has 12 heavy (non-hydrogen) atoms. The molecule has 0 rings (SSSR count). The van der Waals surface area contributed by atoms with Crippen LogP contribution < -0.4 is 0 Å². The molecule has 1 atom stereocenters. The molecule has 0 amide bonds. The number of alkyl halides is 5. The lowest BCUT2D eigenvalue weighted by Gasteiger charge is -2.22. The summed E-state index contributed by atoms with van der Waals surface area (Å²) in [4.78, 5) is 6.52. The van der Waals surface area contributed by atoms with Crippen LogP contribution in [-0.4, -0.2) is 15.7 Å². The molecule has 0 aromatic carbocycles. The molecule has 1 nitrogen and oxygen atoms in total. The van der Waals surface area contributed by atoms with Gasteiger partial charge in [-0.1, -0.05) is 11.6 Å². The topological polar surface area (TPSA) is 17.1 Å². The Kier molecular flexibility index (Phi) is 4.03. The maximum Gasteiger partial charge on any atom is 0.348 e. The highest BCUT2D eigenvalue weighted by molar-refractivity contribution is 9.10. The van der Waals surface area contributed by atoms with Crippen LogP contribution in [0.5, 0.6) is 0 Å². The zero-order chi connectivity index (χ0) is 9.99. The normalized spacial score (nSPS) is 17.2. The quantitative estimate of drug-likeness (QED) is 0.715. The largest absolute Gasteiger partial charge is 0.348 e. The Morgan fingerprint density at radius 3 is 2.17 bits per heavy atom. The van der Waals surface area contributed by atoms with E-state index in [1.54, 1.807) is 15.9 Å². The van der Waals surface area contributed by atoms with E-state index in [0.717, 1.165) is 0 Å². The highest BCUT2D eigenvalue weighted by Crippen LogP contribution is 2.44. The van der Waals surface area contributed by atoms with Crippen LogP contribution >= 0.6 is 27.5 Å². The molecule has 72 valence electrons. The number of halogens is 5. The minimum Gasteiger partial charge on any atom is -0.300 e. The van der Waals surface area contributed by atoms with Gasteiger partial charge < -0.3 is 4.79 Å². The molecule has 0 heterocycles. The number of carbonyl (C=O) groups is 1. The number of hydrogen-bond acceptors (Lipinski definition) is 1. The van der Waals surface area contributed by atoms with Gasteiger partial charge in [-0.15, -0.1) is 0 Å². The van der Waals surface area contributed by atoms with Crippen LogP contribution in [0.4, 0.5) is 13.2 Å². The van der Waals surface area contributed by atoms with E-state index in [1.807, 2.05) is 0 Å². The third kappa shape index (κ3) is 3.76. The van der Waals surface area contributed by atoms with Crippen molar-refractivity contribution in [3.8, 4) is 0 Å². The summed E-state index contributed by atoms with van der Waals surface area (Å²) in [5.74, 6) is -0.380. The zero-order valence-electron chi connectivity index (χ0n) is 6.21. The van der Waals surface area contributed by atoms with Crippen molar-refractivity contribution in [3.05, 3.63) is 0 Å². The van der Waals surface area contributed by atoms with Crippen molar-refractivity contribution in [2.45, 2.75) is 29.7 Å². The average molecular weight is 267 g/mol. The third-order valence-electron chi connectivity index (χ3n) is 1.21. The van der Waals surface area contributed by atoms with Crippen LogP contribution in [0.1, 0.15) is 19.8 Å². The third-order valence-corrected chi connectivity index (χ3v) is 2.49. The smallest absolute Gasteiger partial charge is 0.300 e. The lowest BCUT2D eigenvalue weighted by Crippen LogP contribution is -2.33. The van der Waals surface area contributed by atoms with E-state index in [4.69, 9.17) is 11.6 Å². The zero-order valence-corrected chi connectivity index (χ0v) is 8.55. The Balaban J connectivity index is 4.14. The van der Waals surface area contributed by atoms with E-state index in [-0.39, 0.29) is 12.2 Å². The maximum atomic E-state index is 12.8. The molecule has 0 aliphatic carbocycles. The van der Waals surface area contributed by atoms with E-state index < -0.39 is 16.4 Å². The van der Waals surface area contributed by atoms with E-state index in [0.29, 0.717) is 0 Å². The molecule has 0 aromatic heterocycles.